The second-order valence-electron chi connectivity index (χ2n) is 4.01. The van der Waals surface area contributed by atoms with Gasteiger partial charge in [0.05, 0.1) is 0 Å². The van der Waals surface area contributed by atoms with Crippen molar-refractivity contribution in [2.75, 3.05) is 0 Å². The second-order valence-corrected chi connectivity index (χ2v) is 5.33. The Morgan fingerprint density at radius 3 is 2.50 bits per heavy atom. The quantitative estimate of drug-likeness (QED) is 0.886. The van der Waals surface area contributed by atoms with Crippen molar-refractivity contribution in [2.45, 2.75) is 13.1 Å². The maximum Gasteiger partial charge on any atom is 0.115 e. The molecule has 94 valence electrons. The molecule has 2 rings (SSSR count). The van der Waals surface area contributed by atoms with Crippen LogP contribution in [-0.2, 0) is 13.1 Å². The highest BCUT2D eigenvalue weighted by Gasteiger charge is 2.01. The first kappa shape index (κ1) is 13.4. The molecule has 0 amide bonds. The molecule has 0 bridgehead atoms. The summed E-state index contributed by atoms with van der Waals surface area (Å²) < 4.78 is 1.02. The standard InChI is InChI=1S/C14H13BrClNO/c15-12-3-6-14(16)11(7-12)9-17-8-10-1-4-13(18)5-2-10/h1-7,17-18H,8-9H2. The predicted molar refractivity (Wildman–Crippen MR) is 77.8 cm³/mol. The maximum absolute atomic E-state index is 9.18. The first-order valence-corrected chi connectivity index (χ1v) is 6.75. The van der Waals surface area contributed by atoms with E-state index in [1.807, 2.05) is 30.3 Å². The molecule has 0 radical (unpaired) electrons. The molecule has 2 nitrogen and oxygen atoms in total. The third-order valence-corrected chi connectivity index (χ3v) is 3.45. The Hall–Kier alpha value is -1.03. The molecule has 18 heavy (non-hydrogen) atoms. The normalized spacial score (nSPS) is 10.6. The molecular formula is C14H13BrClNO. The highest BCUT2D eigenvalue weighted by atomic mass is 79.9. The summed E-state index contributed by atoms with van der Waals surface area (Å²) in [6, 6.07) is 13.0. The van der Waals surface area contributed by atoms with Gasteiger partial charge in [0.25, 0.3) is 0 Å². The third kappa shape index (κ3) is 3.73. The second kappa shape index (κ2) is 6.23. The maximum atomic E-state index is 9.18. The van der Waals surface area contributed by atoms with Gasteiger partial charge in [-0.3, -0.25) is 0 Å². The minimum Gasteiger partial charge on any atom is -0.508 e. The van der Waals surface area contributed by atoms with E-state index in [1.54, 1.807) is 12.1 Å². The number of benzene rings is 2. The number of aromatic hydroxyl groups is 1. The number of phenolic OH excluding ortho intramolecular Hbond substituents is 1. The van der Waals surface area contributed by atoms with Crippen LogP contribution >= 0.6 is 27.5 Å². The summed E-state index contributed by atoms with van der Waals surface area (Å²) >= 11 is 9.53. The SMILES string of the molecule is Oc1ccc(CNCc2cc(Br)ccc2Cl)cc1. The van der Waals surface area contributed by atoms with Gasteiger partial charge in [0.2, 0.25) is 0 Å². The molecule has 0 aliphatic heterocycles. The highest BCUT2D eigenvalue weighted by molar-refractivity contribution is 9.10. The first-order valence-electron chi connectivity index (χ1n) is 5.58. The number of halogens is 2. The van der Waals surface area contributed by atoms with Crippen LogP contribution in [0, 0.1) is 0 Å². The first-order chi connectivity index (χ1) is 8.65. The van der Waals surface area contributed by atoms with Gasteiger partial charge in [0.1, 0.15) is 5.75 Å². The monoisotopic (exact) mass is 325 g/mol. The summed E-state index contributed by atoms with van der Waals surface area (Å²) in [6.45, 7) is 1.45. The fourth-order valence-electron chi connectivity index (χ4n) is 1.63. The van der Waals surface area contributed by atoms with E-state index < -0.39 is 0 Å². The summed E-state index contributed by atoms with van der Waals surface area (Å²) in [6.07, 6.45) is 0. The van der Waals surface area contributed by atoms with Crippen LogP contribution in [-0.4, -0.2) is 5.11 Å². The number of hydrogen-bond acceptors (Lipinski definition) is 2. The van der Waals surface area contributed by atoms with Crippen LogP contribution < -0.4 is 5.32 Å². The average molecular weight is 327 g/mol. The molecular weight excluding hydrogens is 314 g/mol. The van der Waals surface area contributed by atoms with Gasteiger partial charge in [-0.25, -0.2) is 0 Å². The van der Waals surface area contributed by atoms with Gasteiger partial charge in [-0.05, 0) is 41.5 Å². The molecule has 0 atom stereocenters. The van der Waals surface area contributed by atoms with E-state index in [1.165, 1.54) is 0 Å². The Bertz CT molecular complexity index is 528. The fourth-order valence-corrected chi connectivity index (χ4v) is 2.23. The molecule has 0 saturated carbocycles. The molecule has 0 spiro atoms. The molecule has 0 aliphatic rings. The van der Waals surface area contributed by atoms with E-state index >= 15 is 0 Å². The van der Waals surface area contributed by atoms with E-state index in [2.05, 4.69) is 21.2 Å². The van der Waals surface area contributed by atoms with Gasteiger partial charge in [-0.15, -0.1) is 0 Å². The van der Waals surface area contributed by atoms with Gasteiger partial charge in [0, 0.05) is 22.6 Å². The molecule has 0 aliphatic carbocycles. The Balaban J connectivity index is 1.92. The molecule has 2 aromatic carbocycles. The summed E-state index contributed by atoms with van der Waals surface area (Å²) in [7, 11) is 0. The molecule has 0 saturated heterocycles. The van der Waals surface area contributed by atoms with Crippen molar-refractivity contribution in [3.05, 3.63) is 63.1 Å². The predicted octanol–water partition coefficient (Wildman–Crippen LogP) is 4.10. The summed E-state index contributed by atoms with van der Waals surface area (Å²) in [5, 5.41) is 13.3. The van der Waals surface area contributed by atoms with E-state index in [9.17, 15) is 5.11 Å². The van der Waals surface area contributed by atoms with Crippen LogP contribution in [0.1, 0.15) is 11.1 Å². The minimum absolute atomic E-state index is 0.286. The van der Waals surface area contributed by atoms with Crippen LogP contribution in [0.3, 0.4) is 0 Å². The summed E-state index contributed by atoms with van der Waals surface area (Å²) in [5.74, 6) is 0.286. The zero-order chi connectivity index (χ0) is 13.0. The zero-order valence-corrected chi connectivity index (χ0v) is 12.0. The lowest BCUT2D eigenvalue weighted by molar-refractivity contribution is 0.475. The summed E-state index contributed by atoms with van der Waals surface area (Å²) in [5.41, 5.74) is 2.18. The molecule has 4 heteroatoms. The zero-order valence-electron chi connectivity index (χ0n) is 9.66. The van der Waals surface area contributed by atoms with Crippen molar-refractivity contribution in [3.63, 3.8) is 0 Å². The van der Waals surface area contributed by atoms with Crippen molar-refractivity contribution < 1.29 is 5.11 Å². The Morgan fingerprint density at radius 2 is 1.78 bits per heavy atom. The minimum atomic E-state index is 0.286. The average Bonchev–Trinajstić information content (AvgIpc) is 2.36. The molecule has 0 unspecified atom stereocenters. The van der Waals surface area contributed by atoms with Gasteiger partial charge >= 0.3 is 0 Å². The Morgan fingerprint density at radius 1 is 1.06 bits per heavy atom. The third-order valence-electron chi connectivity index (χ3n) is 2.59. The van der Waals surface area contributed by atoms with Gasteiger partial charge in [-0.1, -0.05) is 39.7 Å². The lowest BCUT2D eigenvalue weighted by Crippen LogP contribution is -2.12. The topological polar surface area (TPSA) is 32.3 Å². The molecule has 0 fully saturated rings. The molecule has 0 aromatic heterocycles. The van der Waals surface area contributed by atoms with Gasteiger partial charge in [-0.2, -0.15) is 0 Å². The largest absolute Gasteiger partial charge is 0.508 e. The lowest BCUT2D eigenvalue weighted by Gasteiger charge is -2.07. The van der Waals surface area contributed by atoms with Crippen LogP contribution in [0.5, 0.6) is 5.75 Å². The number of nitrogens with one attached hydrogen (secondary N) is 1. The number of hydrogen-bond donors (Lipinski definition) is 2. The van der Waals surface area contributed by atoms with Crippen molar-refractivity contribution in [2.24, 2.45) is 0 Å². The Kier molecular flexibility index (Phi) is 4.64. The lowest BCUT2D eigenvalue weighted by atomic mass is 10.2. The number of rotatable bonds is 4. The van der Waals surface area contributed by atoms with E-state index in [4.69, 9.17) is 11.6 Å². The van der Waals surface area contributed by atoms with Crippen LogP contribution in [0.15, 0.2) is 46.9 Å². The molecule has 2 aromatic rings. The van der Waals surface area contributed by atoms with E-state index in [0.29, 0.717) is 6.54 Å². The van der Waals surface area contributed by atoms with Crippen molar-refractivity contribution in [1.29, 1.82) is 0 Å². The summed E-state index contributed by atoms with van der Waals surface area (Å²) in [4.78, 5) is 0. The van der Waals surface area contributed by atoms with Crippen LogP contribution in [0.2, 0.25) is 5.02 Å². The van der Waals surface area contributed by atoms with Crippen molar-refractivity contribution >= 4 is 27.5 Å². The van der Waals surface area contributed by atoms with Crippen molar-refractivity contribution in [3.8, 4) is 5.75 Å². The Labute approximate surface area is 120 Å². The molecule has 2 N–H and O–H groups in total. The highest BCUT2D eigenvalue weighted by Crippen LogP contribution is 2.20. The van der Waals surface area contributed by atoms with Gasteiger partial charge < -0.3 is 10.4 Å². The smallest absolute Gasteiger partial charge is 0.115 e. The van der Waals surface area contributed by atoms with Crippen LogP contribution in [0.25, 0.3) is 0 Å². The fraction of sp³-hybridized carbons (Fsp3) is 0.143. The van der Waals surface area contributed by atoms with E-state index in [0.717, 1.165) is 27.2 Å². The van der Waals surface area contributed by atoms with Crippen LogP contribution in [0.4, 0.5) is 0 Å². The van der Waals surface area contributed by atoms with Crippen molar-refractivity contribution in [1.82, 2.24) is 5.32 Å². The number of phenols is 1. The van der Waals surface area contributed by atoms with Gasteiger partial charge in [0.15, 0.2) is 0 Å². The van der Waals surface area contributed by atoms with E-state index in [-0.39, 0.29) is 5.75 Å². The molecule has 0 heterocycles.